The molecule has 0 bridgehead atoms. The van der Waals surface area contributed by atoms with Crippen LogP contribution in [0, 0.1) is 0 Å². The highest BCUT2D eigenvalue weighted by atomic mass is 35.5. The van der Waals surface area contributed by atoms with Crippen LogP contribution >= 0.6 is 11.6 Å². The lowest BCUT2D eigenvalue weighted by molar-refractivity contribution is -0.134. The zero-order valence-electron chi connectivity index (χ0n) is 15.5. The minimum Gasteiger partial charge on any atom is -0.356 e. The molecule has 25 heavy (non-hydrogen) atoms. The molecule has 0 aliphatic carbocycles. The predicted octanol–water partition coefficient (Wildman–Crippen LogP) is 3.14. The number of carbonyl (C=O) groups is 1. The molecule has 0 spiro atoms. The van der Waals surface area contributed by atoms with Crippen molar-refractivity contribution in [3.63, 3.8) is 0 Å². The van der Waals surface area contributed by atoms with E-state index in [1.807, 2.05) is 41.1 Å². The van der Waals surface area contributed by atoms with Gasteiger partial charge in [0, 0.05) is 51.2 Å². The Labute approximate surface area is 156 Å². The van der Waals surface area contributed by atoms with Gasteiger partial charge in [-0.3, -0.25) is 9.79 Å². The van der Waals surface area contributed by atoms with Gasteiger partial charge in [0.15, 0.2) is 5.96 Å². The number of hydrogen-bond acceptors (Lipinski definition) is 2. The zero-order chi connectivity index (χ0) is 18.2. The molecular formula is C19H29ClN4O. The topological polar surface area (TPSA) is 47.9 Å². The van der Waals surface area contributed by atoms with Crippen LogP contribution in [0.5, 0.6) is 0 Å². The van der Waals surface area contributed by atoms with Gasteiger partial charge in [-0.1, -0.05) is 23.7 Å². The van der Waals surface area contributed by atoms with Gasteiger partial charge in [0.05, 0.1) is 0 Å². The Hall–Kier alpha value is -1.75. The van der Waals surface area contributed by atoms with Crippen LogP contribution in [-0.2, 0) is 11.3 Å². The van der Waals surface area contributed by atoms with E-state index in [9.17, 15) is 4.79 Å². The van der Waals surface area contributed by atoms with Crippen molar-refractivity contribution in [2.45, 2.75) is 45.2 Å². The number of nitrogens with zero attached hydrogens (tertiary/aromatic N) is 3. The summed E-state index contributed by atoms with van der Waals surface area (Å²) < 4.78 is 0. The maximum atomic E-state index is 12.4. The van der Waals surface area contributed by atoms with Crippen LogP contribution in [0.4, 0.5) is 0 Å². The first-order valence-electron chi connectivity index (χ1n) is 8.97. The van der Waals surface area contributed by atoms with Crippen molar-refractivity contribution in [1.82, 2.24) is 15.1 Å². The molecule has 1 fully saturated rings. The molecule has 1 aromatic carbocycles. The molecule has 6 heteroatoms. The summed E-state index contributed by atoms with van der Waals surface area (Å²) >= 11 is 5.92. The maximum absolute atomic E-state index is 12.4. The number of nitrogens with one attached hydrogen (secondary N) is 1. The average Bonchev–Trinajstić information content (AvgIpc) is 2.60. The summed E-state index contributed by atoms with van der Waals surface area (Å²) in [6, 6.07) is 8.16. The first-order valence-corrected chi connectivity index (χ1v) is 9.34. The quantitative estimate of drug-likeness (QED) is 0.645. The molecular weight excluding hydrogens is 336 g/mol. The van der Waals surface area contributed by atoms with Crippen molar-refractivity contribution in [3.8, 4) is 0 Å². The Morgan fingerprint density at radius 1 is 1.36 bits per heavy atom. The Kier molecular flexibility index (Phi) is 7.56. The summed E-state index contributed by atoms with van der Waals surface area (Å²) in [7, 11) is 3.74. The van der Waals surface area contributed by atoms with Gasteiger partial charge in [-0.05, 0) is 43.9 Å². The molecule has 1 atom stereocenters. The molecule has 1 aromatic rings. The van der Waals surface area contributed by atoms with Crippen LogP contribution in [0.3, 0.4) is 0 Å². The molecule has 1 unspecified atom stereocenters. The number of aliphatic imine (C=N–C) groups is 1. The fraction of sp³-hybridized carbons (Fsp3) is 0.579. The Morgan fingerprint density at radius 2 is 2.08 bits per heavy atom. The number of rotatable bonds is 5. The monoisotopic (exact) mass is 364 g/mol. The van der Waals surface area contributed by atoms with Gasteiger partial charge in [0.2, 0.25) is 5.91 Å². The van der Waals surface area contributed by atoms with Crippen molar-refractivity contribution in [3.05, 3.63) is 34.9 Å². The third kappa shape index (κ3) is 5.92. The van der Waals surface area contributed by atoms with E-state index in [4.69, 9.17) is 11.6 Å². The van der Waals surface area contributed by atoms with Gasteiger partial charge in [0.1, 0.15) is 0 Å². The van der Waals surface area contributed by atoms with Crippen molar-refractivity contribution in [2.75, 3.05) is 27.2 Å². The Bertz CT molecular complexity index is 588. The van der Waals surface area contributed by atoms with Crippen LogP contribution in [0.25, 0.3) is 0 Å². The van der Waals surface area contributed by atoms with Gasteiger partial charge in [0.25, 0.3) is 0 Å². The highest BCUT2D eigenvalue weighted by Gasteiger charge is 2.22. The van der Waals surface area contributed by atoms with E-state index in [0.717, 1.165) is 42.5 Å². The molecule has 0 saturated carbocycles. The molecule has 5 nitrogen and oxygen atoms in total. The van der Waals surface area contributed by atoms with Gasteiger partial charge in [-0.15, -0.1) is 0 Å². The fourth-order valence-electron chi connectivity index (χ4n) is 3.22. The van der Waals surface area contributed by atoms with Crippen LogP contribution < -0.4 is 5.32 Å². The number of benzene rings is 1. The normalized spacial score (nSPS) is 18.2. The fourth-order valence-corrected chi connectivity index (χ4v) is 3.34. The summed E-state index contributed by atoms with van der Waals surface area (Å²) in [5, 5.41) is 4.02. The molecule has 2 rings (SSSR count). The smallest absolute Gasteiger partial charge is 0.224 e. The number of hydrogen-bond donors (Lipinski definition) is 1. The van der Waals surface area contributed by atoms with Crippen molar-refractivity contribution >= 4 is 23.5 Å². The number of guanidine groups is 1. The maximum Gasteiger partial charge on any atom is 0.224 e. The van der Waals surface area contributed by atoms with E-state index in [2.05, 4.69) is 17.2 Å². The van der Waals surface area contributed by atoms with Gasteiger partial charge >= 0.3 is 0 Å². The first kappa shape index (κ1) is 19.6. The lowest BCUT2D eigenvalue weighted by atomic mass is 10.0. The number of likely N-dealkylation sites (tertiary alicyclic amines) is 1. The van der Waals surface area contributed by atoms with E-state index >= 15 is 0 Å². The van der Waals surface area contributed by atoms with E-state index in [0.29, 0.717) is 19.0 Å². The number of halogens is 1. The minimum atomic E-state index is 0.232. The molecule has 1 amide bonds. The lowest BCUT2D eigenvalue weighted by Crippen LogP contribution is -2.44. The third-order valence-electron chi connectivity index (χ3n) is 4.65. The van der Waals surface area contributed by atoms with E-state index in [1.165, 1.54) is 6.42 Å². The Morgan fingerprint density at radius 3 is 2.72 bits per heavy atom. The van der Waals surface area contributed by atoms with Gasteiger partial charge in [-0.25, -0.2) is 0 Å². The van der Waals surface area contributed by atoms with Crippen LogP contribution in [0.2, 0.25) is 5.02 Å². The predicted molar refractivity (Wildman–Crippen MR) is 104 cm³/mol. The summed E-state index contributed by atoms with van der Waals surface area (Å²) in [6.45, 7) is 4.36. The second-order valence-corrected chi connectivity index (χ2v) is 7.07. The second kappa shape index (κ2) is 9.66. The average molecular weight is 365 g/mol. The van der Waals surface area contributed by atoms with Gasteiger partial charge < -0.3 is 15.1 Å². The standard InChI is InChI=1S/C19H29ClN4O/c1-15-6-4-5-13-24(15)18(25)11-12-22-19(21-2)23(3)14-16-7-9-17(20)10-8-16/h7-10,15H,4-6,11-14H2,1-3H3,(H,21,22). The summed E-state index contributed by atoms with van der Waals surface area (Å²) in [6.07, 6.45) is 3.96. The van der Waals surface area contributed by atoms with Gasteiger partial charge in [-0.2, -0.15) is 0 Å². The first-order chi connectivity index (χ1) is 12.0. The Balaban J connectivity index is 1.79. The van der Waals surface area contributed by atoms with Crippen LogP contribution in [-0.4, -0.2) is 54.9 Å². The summed E-state index contributed by atoms with van der Waals surface area (Å²) in [5.41, 5.74) is 1.16. The SMILES string of the molecule is CN=C(NCCC(=O)N1CCCCC1C)N(C)Cc1ccc(Cl)cc1. The van der Waals surface area contributed by atoms with E-state index in [-0.39, 0.29) is 5.91 Å². The summed E-state index contributed by atoms with van der Waals surface area (Å²) in [5.74, 6) is 1.02. The highest BCUT2D eigenvalue weighted by molar-refractivity contribution is 6.30. The molecule has 1 aliphatic heterocycles. The molecule has 0 radical (unpaired) electrons. The molecule has 1 heterocycles. The summed E-state index contributed by atoms with van der Waals surface area (Å²) in [4.78, 5) is 20.8. The van der Waals surface area contributed by atoms with Crippen molar-refractivity contribution < 1.29 is 4.79 Å². The molecule has 1 N–H and O–H groups in total. The number of amides is 1. The van der Waals surface area contributed by atoms with Crippen molar-refractivity contribution in [1.29, 1.82) is 0 Å². The lowest BCUT2D eigenvalue weighted by Gasteiger charge is -2.33. The molecule has 0 aromatic heterocycles. The largest absolute Gasteiger partial charge is 0.356 e. The van der Waals surface area contributed by atoms with E-state index in [1.54, 1.807) is 7.05 Å². The van der Waals surface area contributed by atoms with E-state index < -0.39 is 0 Å². The number of carbonyl (C=O) groups excluding carboxylic acids is 1. The molecule has 1 saturated heterocycles. The second-order valence-electron chi connectivity index (χ2n) is 6.64. The third-order valence-corrected chi connectivity index (χ3v) is 4.90. The van der Waals surface area contributed by atoms with Crippen molar-refractivity contribution in [2.24, 2.45) is 4.99 Å². The number of piperidine rings is 1. The van der Waals surface area contributed by atoms with Crippen LogP contribution in [0.1, 0.15) is 38.2 Å². The molecule has 138 valence electrons. The minimum absolute atomic E-state index is 0.232. The zero-order valence-corrected chi connectivity index (χ0v) is 16.2. The van der Waals surface area contributed by atoms with Crippen LogP contribution in [0.15, 0.2) is 29.3 Å². The molecule has 1 aliphatic rings. The highest BCUT2D eigenvalue weighted by Crippen LogP contribution is 2.17.